The average molecular weight is 225 g/mol. The van der Waals surface area contributed by atoms with Gasteiger partial charge in [0, 0.05) is 0 Å². The van der Waals surface area contributed by atoms with E-state index in [9.17, 15) is 0 Å². The lowest BCUT2D eigenvalue weighted by atomic mass is 10.1. The molecule has 0 radical (unpaired) electrons. The van der Waals surface area contributed by atoms with Crippen molar-refractivity contribution < 1.29 is 9.84 Å². The Balaban J connectivity index is 2.30. The highest BCUT2D eigenvalue weighted by Crippen LogP contribution is 2.23. The first kappa shape index (κ1) is 11.2. The molecule has 0 spiro atoms. The molecule has 3 heteroatoms. The quantitative estimate of drug-likeness (QED) is 0.873. The first-order chi connectivity index (χ1) is 8.31. The topological polar surface area (TPSA) is 53.2 Å². The van der Waals surface area contributed by atoms with Gasteiger partial charge in [-0.05, 0) is 35.9 Å². The summed E-state index contributed by atoms with van der Waals surface area (Å²) in [6.45, 7) is -0.110. The number of ether oxygens (including phenoxy) is 1. The smallest absolute Gasteiger partial charge is 0.129 e. The maximum Gasteiger partial charge on any atom is 0.129 e. The number of hydrogen-bond donors (Lipinski definition) is 1. The van der Waals surface area contributed by atoms with Crippen molar-refractivity contribution in [3.63, 3.8) is 0 Å². The molecular weight excluding hydrogens is 214 g/mol. The molecule has 2 aromatic carbocycles. The summed E-state index contributed by atoms with van der Waals surface area (Å²) in [5.74, 6) is 1.26. The molecule has 0 aliphatic carbocycles. The van der Waals surface area contributed by atoms with Crippen LogP contribution in [-0.4, -0.2) is 5.11 Å². The van der Waals surface area contributed by atoms with E-state index in [0.29, 0.717) is 22.6 Å². The number of nitrogens with zero attached hydrogens (tertiary/aromatic N) is 1. The van der Waals surface area contributed by atoms with Gasteiger partial charge in [-0.2, -0.15) is 5.26 Å². The summed E-state index contributed by atoms with van der Waals surface area (Å²) >= 11 is 0. The molecule has 0 aliphatic rings. The van der Waals surface area contributed by atoms with Gasteiger partial charge in [-0.1, -0.05) is 18.2 Å². The minimum atomic E-state index is -0.110. The normalized spacial score (nSPS) is 9.65. The Labute approximate surface area is 99.5 Å². The predicted molar refractivity (Wildman–Crippen MR) is 63.6 cm³/mol. The second-order valence-electron chi connectivity index (χ2n) is 3.55. The van der Waals surface area contributed by atoms with Crippen molar-refractivity contribution in [1.82, 2.24) is 0 Å². The van der Waals surface area contributed by atoms with Crippen LogP contribution in [0, 0.1) is 11.3 Å². The first-order valence-corrected chi connectivity index (χ1v) is 5.19. The van der Waals surface area contributed by atoms with Crippen LogP contribution in [-0.2, 0) is 6.61 Å². The van der Waals surface area contributed by atoms with Crippen LogP contribution in [0.5, 0.6) is 11.5 Å². The molecule has 0 heterocycles. The Morgan fingerprint density at radius 2 is 1.82 bits per heavy atom. The van der Waals surface area contributed by atoms with E-state index in [-0.39, 0.29) is 6.61 Å². The highest BCUT2D eigenvalue weighted by molar-refractivity contribution is 5.42. The zero-order chi connectivity index (χ0) is 12.1. The lowest BCUT2D eigenvalue weighted by Gasteiger charge is -2.07. The first-order valence-electron chi connectivity index (χ1n) is 5.19. The Morgan fingerprint density at radius 3 is 2.47 bits per heavy atom. The molecule has 0 aromatic heterocycles. The molecule has 3 nitrogen and oxygen atoms in total. The van der Waals surface area contributed by atoms with Crippen LogP contribution in [0.4, 0.5) is 0 Å². The Hall–Kier alpha value is -2.31. The molecule has 0 aliphatic heterocycles. The summed E-state index contributed by atoms with van der Waals surface area (Å²) in [7, 11) is 0. The number of hydrogen-bond acceptors (Lipinski definition) is 3. The molecule has 0 fully saturated rings. The zero-order valence-electron chi connectivity index (χ0n) is 9.13. The SMILES string of the molecule is N#Cc1cc(CO)cc(Oc2ccccc2)c1. The zero-order valence-corrected chi connectivity index (χ0v) is 9.13. The molecule has 2 aromatic rings. The van der Waals surface area contributed by atoms with Gasteiger partial charge in [-0.15, -0.1) is 0 Å². The van der Waals surface area contributed by atoms with Crippen LogP contribution in [0.15, 0.2) is 48.5 Å². The minimum Gasteiger partial charge on any atom is -0.457 e. The Kier molecular flexibility index (Phi) is 3.39. The van der Waals surface area contributed by atoms with Crippen molar-refractivity contribution in [2.24, 2.45) is 0 Å². The number of aliphatic hydroxyl groups is 1. The van der Waals surface area contributed by atoms with Gasteiger partial charge in [0.25, 0.3) is 0 Å². The van der Waals surface area contributed by atoms with E-state index in [1.165, 1.54) is 0 Å². The molecule has 0 bridgehead atoms. The predicted octanol–water partition coefficient (Wildman–Crippen LogP) is 2.84. The van der Waals surface area contributed by atoms with Crippen LogP contribution in [0.2, 0.25) is 0 Å². The average Bonchev–Trinajstić information content (AvgIpc) is 2.39. The van der Waals surface area contributed by atoms with Gasteiger partial charge in [0.1, 0.15) is 11.5 Å². The molecule has 0 amide bonds. The summed E-state index contributed by atoms with van der Waals surface area (Å²) in [5.41, 5.74) is 1.14. The lowest BCUT2D eigenvalue weighted by molar-refractivity contribution is 0.281. The van der Waals surface area contributed by atoms with E-state index in [0.717, 1.165) is 0 Å². The van der Waals surface area contributed by atoms with Crippen molar-refractivity contribution in [2.75, 3.05) is 0 Å². The fourth-order valence-electron chi connectivity index (χ4n) is 1.50. The second kappa shape index (κ2) is 5.15. The molecule has 0 atom stereocenters. The molecule has 2 rings (SSSR count). The number of rotatable bonds is 3. The third-order valence-corrected chi connectivity index (χ3v) is 2.26. The van der Waals surface area contributed by atoms with Crippen molar-refractivity contribution >= 4 is 0 Å². The fourth-order valence-corrected chi connectivity index (χ4v) is 1.50. The number of benzene rings is 2. The van der Waals surface area contributed by atoms with Gasteiger partial charge in [0.2, 0.25) is 0 Å². The van der Waals surface area contributed by atoms with E-state index >= 15 is 0 Å². The van der Waals surface area contributed by atoms with E-state index in [2.05, 4.69) is 0 Å². The van der Waals surface area contributed by atoms with Crippen molar-refractivity contribution in [2.45, 2.75) is 6.61 Å². The Bertz CT molecular complexity index is 544. The lowest BCUT2D eigenvalue weighted by Crippen LogP contribution is -1.89. The van der Waals surface area contributed by atoms with Crippen molar-refractivity contribution in [3.05, 3.63) is 59.7 Å². The maximum atomic E-state index is 9.08. The molecule has 0 saturated carbocycles. The van der Waals surface area contributed by atoms with Gasteiger partial charge in [-0.25, -0.2) is 0 Å². The second-order valence-corrected chi connectivity index (χ2v) is 3.55. The van der Waals surface area contributed by atoms with Gasteiger partial charge in [0.15, 0.2) is 0 Å². The highest BCUT2D eigenvalue weighted by atomic mass is 16.5. The number of para-hydroxylation sites is 1. The van der Waals surface area contributed by atoms with E-state index in [1.807, 2.05) is 36.4 Å². The summed E-state index contributed by atoms with van der Waals surface area (Å²) in [6.07, 6.45) is 0. The number of nitriles is 1. The van der Waals surface area contributed by atoms with Crippen LogP contribution in [0.1, 0.15) is 11.1 Å². The van der Waals surface area contributed by atoms with Crippen LogP contribution < -0.4 is 4.74 Å². The number of aliphatic hydroxyl groups excluding tert-OH is 1. The van der Waals surface area contributed by atoms with Gasteiger partial charge < -0.3 is 9.84 Å². The van der Waals surface area contributed by atoms with Crippen molar-refractivity contribution in [3.8, 4) is 17.6 Å². The standard InChI is InChI=1S/C14H11NO2/c15-9-11-6-12(10-16)8-14(7-11)17-13-4-2-1-3-5-13/h1-8,16H,10H2. The highest BCUT2D eigenvalue weighted by Gasteiger charge is 2.02. The fraction of sp³-hybridized carbons (Fsp3) is 0.0714. The molecule has 84 valence electrons. The summed E-state index contributed by atoms with van der Waals surface area (Å²) in [5, 5.41) is 17.9. The van der Waals surface area contributed by atoms with Gasteiger partial charge in [-0.3, -0.25) is 0 Å². The summed E-state index contributed by atoms with van der Waals surface area (Å²) < 4.78 is 5.60. The van der Waals surface area contributed by atoms with Gasteiger partial charge >= 0.3 is 0 Å². The van der Waals surface area contributed by atoms with Crippen molar-refractivity contribution in [1.29, 1.82) is 5.26 Å². The van der Waals surface area contributed by atoms with E-state index in [4.69, 9.17) is 15.1 Å². The molecule has 1 N–H and O–H groups in total. The largest absolute Gasteiger partial charge is 0.457 e. The molecular formula is C14H11NO2. The van der Waals surface area contributed by atoms with E-state index < -0.39 is 0 Å². The maximum absolute atomic E-state index is 9.08. The third-order valence-electron chi connectivity index (χ3n) is 2.26. The molecule has 17 heavy (non-hydrogen) atoms. The summed E-state index contributed by atoms with van der Waals surface area (Å²) in [4.78, 5) is 0. The van der Waals surface area contributed by atoms with Crippen LogP contribution in [0.25, 0.3) is 0 Å². The summed E-state index contributed by atoms with van der Waals surface area (Å²) in [6, 6.07) is 16.3. The van der Waals surface area contributed by atoms with Crippen LogP contribution >= 0.6 is 0 Å². The van der Waals surface area contributed by atoms with Gasteiger partial charge in [0.05, 0.1) is 18.2 Å². The monoisotopic (exact) mass is 225 g/mol. The molecule has 0 unspecified atom stereocenters. The van der Waals surface area contributed by atoms with Crippen LogP contribution in [0.3, 0.4) is 0 Å². The van der Waals surface area contributed by atoms with E-state index in [1.54, 1.807) is 18.2 Å². The Morgan fingerprint density at radius 1 is 1.06 bits per heavy atom. The molecule has 0 saturated heterocycles. The minimum absolute atomic E-state index is 0.110. The third kappa shape index (κ3) is 2.83.